The average Bonchev–Trinajstić information content (AvgIpc) is 2.35. The molecule has 4 heteroatoms. The third kappa shape index (κ3) is 3.33. The van der Waals surface area contributed by atoms with Crippen LogP contribution in [0.4, 0.5) is 8.78 Å². The minimum absolute atomic E-state index is 0.103. The molecular weight excluding hydrogens is 260 g/mol. The van der Waals surface area contributed by atoms with Crippen LogP contribution in [0.2, 0.25) is 0 Å². The van der Waals surface area contributed by atoms with Gasteiger partial charge in [-0.1, -0.05) is 12.1 Å². The Hall–Kier alpha value is -1.94. The van der Waals surface area contributed by atoms with Gasteiger partial charge in [0.05, 0.1) is 0 Å². The highest BCUT2D eigenvalue weighted by Gasteiger charge is 2.13. The molecule has 1 unspecified atom stereocenters. The number of benzene rings is 2. The van der Waals surface area contributed by atoms with Crippen molar-refractivity contribution in [2.75, 3.05) is 0 Å². The summed E-state index contributed by atoms with van der Waals surface area (Å²) in [5.74, 6) is -0.215. The second-order valence-electron chi connectivity index (χ2n) is 4.92. The molecule has 0 aliphatic heterocycles. The van der Waals surface area contributed by atoms with Gasteiger partial charge >= 0.3 is 0 Å². The van der Waals surface area contributed by atoms with Gasteiger partial charge in [-0.2, -0.15) is 0 Å². The van der Waals surface area contributed by atoms with Crippen LogP contribution in [0, 0.1) is 18.6 Å². The van der Waals surface area contributed by atoms with Crippen molar-refractivity contribution in [3.8, 4) is 11.5 Å². The number of ether oxygens (including phenoxy) is 1. The quantitative estimate of drug-likeness (QED) is 0.918. The van der Waals surface area contributed by atoms with E-state index in [2.05, 4.69) is 0 Å². The smallest absolute Gasteiger partial charge is 0.166 e. The Morgan fingerprint density at radius 2 is 1.95 bits per heavy atom. The largest absolute Gasteiger partial charge is 0.454 e. The lowest BCUT2D eigenvalue weighted by Crippen LogP contribution is -2.18. The number of nitrogens with two attached hydrogens (primary N) is 1. The Kier molecular flexibility index (Phi) is 4.35. The van der Waals surface area contributed by atoms with Crippen molar-refractivity contribution in [2.45, 2.75) is 26.3 Å². The fourth-order valence-corrected chi connectivity index (χ4v) is 2.01. The van der Waals surface area contributed by atoms with Gasteiger partial charge in [0.25, 0.3) is 0 Å². The summed E-state index contributed by atoms with van der Waals surface area (Å²) in [7, 11) is 0. The maximum Gasteiger partial charge on any atom is 0.166 e. The molecule has 2 nitrogen and oxygen atoms in total. The van der Waals surface area contributed by atoms with Crippen molar-refractivity contribution < 1.29 is 13.5 Å². The van der Waals surface area contributed by atoms with Crippen LogP contribution in [-0.2, 0) is 6.42 Å². The predicted octanol–water partition coefficient (Wildman–Crippen LogP) is 3.96. The van der Waals surface area contributed by atoms with Gasteiger partial charge in [-0.05, 0) is 55.7 Å². The van der Waals surface area contributed by atoms with Crippen LogP contribution in [-0.4, -0.2) is 6.04 Å². The molecule has 2 aromatic carbocycles. The first-order valence-corrected chi connectivity index (χ1v) is 6.44. The second kappa shape index (κ2) is 6.01. The van der Waals surface area contributed by atoms with Gasteiger partial charge in [0.15, 0.2) is 11.6 Å². The molecule has 2 rings (SSSR count). The number of rotatable bonds is 4. The molecular formula is C16H17F2NO. The minimum atomic E-state index is -0.452. The van der Waals surface area contributed by atoms with Crippen LogP contribution >= 0.6 is 0 Å². The first-order valence-electron chi connectivity index (χ1n) is 6.44. The molecule has 2 N–H and O–H groups in total. The highest BCUT2D eigenvalue weighted by atomic mass is 19.1. The molecule has 0 amide bonds. The number of aryl methyl sites for hydroxylation is 1. The van der Waals surface area contributed by atoms with E-state index >= 15 is 0 Å². The minimum Gasteiger partial charge on any atom is -0.454 e. The number of hydrogen-bond acceptors (Lipinski definition) is 2. The Labute approximate surface area is 117 Å². The summed E-state index contributed by atoms with van der Waals surface area (Å²) in [5.41, 5.74) is 7.07. The van der Waals surface area contributed by atoms with E-state index in [-0.39, 0.29) is 17.6 Å². The van der Waals surface area contributed by atoms with Gasteiger partial charge in [0, 0.05) is 6.04 Å². The molecule has 0 spiro atoms. The van der Waals surface area contributed by atoms with E-state index in [9.17, 15) is 8.78 Å². The first kappa shape index (κ1) is 14.5. The predicted molar refractivity (Wildman–Crippen MR) is 75.0 cm³/mol. The zero-order valence-electron chi connectivity index (χ0n) is 11.5. The van der Waals surface area contributed by atoms with Crippen molar-refractivity contribution in [1.29, 1.82) is 0 Å². The van der Waals surface area contributed by atoms with Crippen molar-refractivity contribution in [3.05, 3.63) is 59.2 Å². The zero-order valence-corrected chi connectivity index (χ0v) is 11.5. The summed E-state index contributed by atoms with van der Waals surface area (Å²) < 4.78 is 32.7. The molecule has 20 heavy (non-hydrogen) atoms. The first-order chi connectivity index (χ1) is 9.47. The molecule has 0 aliphatic rings. The molecule has 0 heterocycles. The third-order valence-corrected chi connectivity index (χ3v) is 2.94. The van der Waals surface area contributed by atoms with Gasteiger partial charge in [0.2, 0.25) is 0 Å². The summed E-state index contributed by atoms with van der Waals surface area (Å²) in [6, 6.07) is 8.76. The van der Waals surface area contributed by atoms with E-state index < -0.39 is 5.82 Å². The van der Waals surface area contributed by atoms with E-state index in [1.54, 1.807) is 19.1 Å². The van der Waals surface area contributed by atoms with Crippen molar-refractivity contribution in [1.82, 2.24) is 0 Å². The van der Waals surface area contributed by atoms with Gasteiger partial charge in [-0.15, -0.1) is 0 Å². The molecule has 0 aromatic heterocycles. The molecule has 2 aromatic rings. The Balaban J connectivity index is 2.37. The van der Waals surface area contributed by atoms with Crippen LogP contribution in [0.15, 0.2) is 36.4 Å². The maximum atomic E-state index is 14.0. The van der Waals surface area contributed by atoms with Gasteiger partial charge in [-0.3, -0.25) is 0 Å². The SMILES string of the molecule is Cc1cc(F)ccc1Oc1c(F)cccc1CC(C)N. The van der Waals surface area contributed by atoms with Crippen LogP contribution in [0.1, 0.15) is 18.1 Å². The van der Waals surface area contributed by atoms with Crippen molar-refractivity contribution >= 4 is 0 Å². The Bertz CT molecular complexity index is 611. The highest BCUT2D eigenvalue weighted by molar-refractivity contribution is 5.42. The summed E-state index contributed by atoms with van der Waals surface area (Å²) in [5, 5.41) is 0. The van der Waals surface area contributed by atoms with E-state index in [0.29, 0.717) is 23.3 Å². The molecule has 0 saturated carbocycles. The normalized spacial score (nSPS) is 12.2. The fraction of sp³-hybridized carbons (Fsp3) is 0.250. The van der Waals surface area contributed by atoms with Crippen molar-refractivity contribution in [3.63, 3.8) is 0 Å². The summed E-state index contributed by atoms with van der Waals surface area (Å²) in [4.78, 5) is 0. The molecule has 106 valence electrons. The molecule has 0 bridgehead atoms. The second-order valence-corrected chi connectivity index (χ2v) is 4.92. The number of halogens is 2. The third-order valence-electron chi connectivity index (χ3n) is 2.94. The van der Waals surface area contributed by atoms with E-state index in [1.807, 2.05) is 6.92 Å². The maximum absolute atomic E-state index is 14.0. The molecule has 0 saturated heterocycles. The highest BCUT2D eigenvalue weighted by Crippen LogP contribution is 2.31. The van der Waals surface area contributed by atoms with Gasteiger partial charge in [0.1, 0.15) is 11.6 Å². The van der Waals surface area contributed by atoms with Gasteiger partial charge < -0.3 is 10.5 Å². The lowest BCUT2D eigenvalue weighted by Gasteiger charge is -2.15. The van der Waals surface area contributed by atoms with Crippen LogP contribution in [0.5, 0.6) is 11.5 Å². The van der Waals surface area contributed by atoms with Crippen LogP contribution < -0.4 is 10.5 Å². The monoisotopic (exact) mass is 277 g/mol. The lowest BCUT2D eigenvalue weighted by molar-refractivity contribution is 0.430. The Morgan fingerprint density at radius 1 is 1.20 bits per heavy atom. The van der Waals surface area contributed by atoms with E-state index in [1.165, 1.54) is 24.3 Å². The fourth-order valence-electron chi connectivity index (χ4n) is 2.01. The molecule has 0 radical (unpaired) electrons. The average molecular weight is 277 g/mol. The van der Waals surface area contributed by atoms with Crippen LogP contribution in [0.3, 0.4) is 0 Å². The summed E-state index contributed by atoms with van der Waals surface area (Å²) >= 11 is 0. The van der Waals surface area contributed by atoms with Gasteiger partial charge in [-0.25, -0.2) is 8.78 Å². The number of hydrogen-bond donors (Lipinski definition) is 1. The zero-order chi connectivity index (χ0) is 14.7. The Morgan fingerprint density at radius 3 is 2.60 bits per heavy atom. The molecule has 0 fully saturated rings. The van der Waals surface area contributed by atoms with E-state index in [0.717, 1.165) is 0 Å². The standard InChI is InChI=1S/C16H17F2NO/c1-10-8-13(17)6-7-15(10)20-16-12(9-11(2)19)4-3-5-14(16)18/h3-8,11H,9,19H2,1-2H3. The topological polar surface area (TPSA) is 35.2 Å². The summed E-state index contributed by atoms with van der Waals surface area (Å²) in [6.45, 7) is 3.56. The van der Waals surface area contributed by atoms with Crippen LogP contribution in [0.25, 0.3) is 0 Å². The molecule has 1 atom stereocenters. The van der Waals surface area contributed by atoms with E-state index in [4.69, 9.17) is 10.5 Å². The molecule has 0 aliphatic carbocycles. The van der Waals surface area contributed by atoms with Crippen molar-refractivity contribution in [2.24, 2.45) is 5.73 Å². The summed E-state index contributed by atoms with van der Waals surface area (Å²) in [6.07, 6.45) is 0.507. The lowest BCUT2D eigenvalue weighted by atomic mass is 10.1. The number of para-hydroxylation sites is 1.